The number of nitrogens with two attached hydrogens (primary N) is 1. The van der Waals surface area contributed by atoms with Crippen LogP contribution in [-0.4, -0.2) is 26.8 Å². The number of rotatable bonds is 6. The van der Waals surface area contributed by atoms with Gasteiger partial charge >= 0.3 is 0 Å². The van der Waals surface area contributed by atoms with E-state index in [0.29, 0.717) is 23.0 Å². The lowest BCUT2D eigenvalue weighted by Gasteiger charge is -2.07. The summed E-state index contributed by atoms with van der Waals surface area (Å²) in [5, 5.41) is 13.0. The zero-order valence-electron chi connectivity index (χ0n) is 10.4. The molecule has 1 aromatic carbocycles. The van der Waals surface area contributed by atoms with Crippen LogP contribution < -0.4 is 5.73 Å². The molecular formula is C12H15Cl2N5. The van der Waals surface area contributed by atoms with Crippen molar-refractivity contribution >= 4 is 23.2 Å². The lowest BCUT2D eigenvalue weighted by Crippen LogP contribution is -2.09. The van der Waals surface area contributed by atoms with Gasteiger partial charge in [-0.15, -0.1) is 5.10 Å². The van der Waals surface area contributed by atoms with Crippen molar-refractivity contribution in [3.05, 3.63) is 39.6 Å². The van der Waals surface area contributed by atoms with E-state index < -0.39 is 0 Å². The predicted octanol–water partition coefficient (Wildman–Crippen LogP) is 2.31. The van der Waals surface area contributed by atoms with Gasteiger partial charge in [0.1, 0.15) is 0 Å². The van der Waals surface area contributed by atoms with Gasteiger partial charge in [0.15, 0.2) is 5.82 Å². The molecule has 0 fully saturated rings. The molecule has 0 aliphatic rings. The molecule has 0 amide bonds. The number of nitrogens with zero attached hydrogens (tertiary/aromatic N) is 4. The maximum absolute atomic E-state index is 6.15. The van der Waals surface area contributed by atoms with Crippen LogP contribution in [0.25, 0.3) is 0 Å². The largest absolute Gasteiger partial charge is 0.330 e. The molecule has 5 nitrogen and oxygen atoms in total. The number of hydrogen-bond acceptors (Lipinski definition) is 4. The van der Waals surface area contributed by atoms with Crippen molar-refractivity contribution in [2.45, 2.75) is 25.8 Å². The van der Waals surface area contributed by atoms with Crippen LogP contribution >= 0.6 is 23.2 Å². The molecule has 0 saturated carbocycles. The zero-order chi connectivity index (χ0) is 13.7. The van der Waals surface area contributed by atoms with Crippen molar-refractivity contribution in [2.75, 3.05) is 6.54 Å². The van der Waals surface area contributed by atoms with E-state index in [4.69, 9.17) is 28.9 Å². The number of hydrogen-bond donors (Lipinski definition) is 1. The number of aryl methyl sites for hydroxylation is 1. The second-order valence-corrected chi connectivity index (χ2v) is 5.01. The van der Waals surface area contributed by atoms with Gasteiger partial charge in [-0.3, -0.25) is 0 Å². The summed E-state index contributed by atoms with van der Waals surface area (Å²) < 4.78 is 1.77. The third-order valence-corrected chi connectivity index (χ3v) is 3.53. The fraction of sp³-hybridized carbons (Fsp3) is 0.417. The Bertz CT molecular complexity index is 520. The van der Waals surface area contributed by atoms with Gasteiger partial charge in [0.25, 0.3) is 0 Å². The molecule has 0 aliphatic heterocycles. The first-order chi connectivity index (χ1) is 9.22. The highest BCUT2D eigenvalue weighted by molar-refractivity contribution is 6.36. The van der Waals surface area contributed by atoms with Crippen LogP contribution in [0.3, 0.4) is 0 Å². The van der Waals surface area contributed by atoms with Gasteiger partial charge in [0.2, 0.25) is 0 Å². The molecule has 1 aromatic heterocycles. The zero-order valence-corrected chi connectivity index (χ0v) is 11.9. The average Bonchev–Trinajstić information content (AvgIpc) is 2.82. The van der Waals surface area contributed by atoms with Crippen molar-refractivity contribution in [3.8, 4) is 0 Å². The number of tetrazole rings is 1. The van der Waals surface area contributed by atoms with E-state index in [0.717, 1.165) is 30.8 Å². The summed E-state index contributed by atoms with van der Waals surface area (Å²) in [7, 11) is 0. The van der Waals surface area contributed by atoms with Gasteiger partial charge in [0.05, 0.1) is 0 Å². The molecule has 0 atom stereocenters. The van der Waals surface area contributed by atoms with Crippen LogP contribution in [0, 0.1) is 0 Å². The molecule has 102 valence electrons. The van der Waals surface area contributed by atoms with Crippen molar-refractivity contribution in [1.29, 1.82) is 0 Å². The maximum Gasteiger partial charge on any atom is 0.155 e. The average molecular weight is 300 g/mol. The van der Waals surface area contributed by atoms with Gasteiger partial charge in [-0.25, -0.2) is 4.68 Å². The highest BCUT2D eigenvalue weighted by Gasteiger charge is 2.12. The summed E-state index contributed by atoms with van der Waals surface area (Å²) in [5.41, 5.74) is 6.32. The van der Waals surface area contributed by atoms with Gasteiger partial charge in [-0.05, 0) is 47.5 Å². The molecule has 2 rings (SSSR count). The van der Waals surface area contributed by atoms with Gasteiger partial charge in [-0.1, -0.05) is 29.3 Å². The van der Waals surface area contributed by atoms with Gasteiger partial charge in [0, 0.05) is 23.0 Å². The SMILES string of the molecule is NCCCCn1nnnc1Cc1c(Cl)cccc1Cl. The summed E-state index contributed by atoms with van der Waals surface area (Å²) in [5.74, 6) is 0.757. The Balaban J connectivity index is 2.13. The molecular weight excluding hydrogens is 285 g/mol. The minimum Gasteiger partial charge on any atom is -0.330 e. The van der Waals surface area contributed by atoms with E-state index in [9.17, 15) is 0 Å². The van der Waals surface area contributed by atoms with Gasteiger partial charge < -0.3 is 5.73 Å². The molecule has 0 spiro atoms. The van der Waals surface area contributed by atoms with Gasteiger partial charge in [-0.2, -0.15) is 0 Å². The van der Waals surface area contributed by atoms with Crippen LogP contribution in [0.4, 0.5) is 0 Å². The molecule has 0 saturated heterocycles. The van der Waals surface area contributed by atoms with Crippen molar-refractivity contribution in [1.82, 2.24) is 20.2 Å². The van der Waals surface area contributed by atoms with Crippen LogP contribution in [-0.2, 0) is 13.0 Å². The van der Waals surface area contributed by atoms with E-state index >= 15 is 0 Å². The first kappa shape index (κ1) is 14.2. The lowest BCUT2D eigenvalue weighted by molar-refractivity contribution is 0.529. The molecule has 0 unspecified atom stereocenters. The van der Waals surface area contributed by atoms with E-state index in [2.05, 4.69) is 15.5 Å². The van der Waals surface area contributed by atoms with Crippen molar-refractivity contribution in [2.24, 2.45) is 5.73 Å². The number of halogens is 2. The van der Waals surface area contributed by atoms with Crippen LogP contribution in [0.1, 0.15) is 24.2 Å². The third kappa shape index (κ3) is 3.65. The Morgan fingerprint density at radius 1 is 1.16 bits per heavy atom. The molecule has 2 aromatic rings. The van der Waals surface area contributed by atoms with Crippen LogP contribution in [0.15, 0.2) is 18.2 Å². The maximum atomic E-state index is 6.15. The summed E-state index contributed by atoms with van der Waals surface area (Å²) in [4.78, 5) is 0. The van der Waals surface area contributed by atoms with Crippen molar-refractivity contribution in [3.63, 3.8) is 0 Å². The fourth-order valence-corrected chi connectivity index (χ4v) is 2.32. The lowest BCUT2D eigenvalue weighted by atomic mass is 10.1. The van der Waals surface area contributed by atoms with Crippen LogP contribution in [0.5, 0.6) is 0 Å². The Hall–Kier alpha value is -1.17. The quantitative estimate of drug-likeness (QED) is 0.831. The minimum absolute atomic E-state index is 0.522. The molecule has 19 heavy (non-hydrogen) atoms. The summed E-state index contributed by atoms with van der Waals surface area (Å²) in [6.07, 6.45) is 2.42. The molecule has 7 heteroatoms. The fourth-order valence-electron chi connectivity index (χ4n) is 1.79. The number of benzene rings is 1. The summed E-state index contributed by atoms with van der Waals surface area (Å²) in [6, 6.07) is 5.44. The van der Waals surface area contributed by atoms with Crippen molar-refractivity contribution < 1.29 is 0 Å². The van der Waals surface area contributed by atoms with E-state index in [-0.39, 0.29) is 0 Å². The summed E-state index contributed by atoms with van der Waals surface area (Å²) >= 11 is 12.3. The normalized spacial score (nSPS) is 10.9. The van der Waals surface area contributed by atoms with E-state index in [1.165, 1.54) is 0 Å². The smallest absolute Gasteiger partial charge is 0.155 e. The minimum atomic E-state index is 0.522. The Morgan fingerprint density at radius 3 is 2.58 bits per heavy atom. The van der Waals surface area contributed by atoms with Crippen LogP contribution in [0.2, 0.25) is 10.0 Å². The highest BCUT2D eigenvalue weighted by atomic mass is 35.5. The predicted molar refractivity (Wildman–Crippen MR) is 75.4 cm³/mol. The monoisotopic (exact) mass is 299 g/mol. The van der Waals surface area contributed by atoms with E-state index in [1.54, 1.807) is 4.68 Å². The molecule has 0 bridgehead atoms. The standard InChI is InChI=1S/C12H15Cl2N5/c13-10-4-3-5-11(14)9(10)8-12-16-17-18-19(12)7-2-1-6-15/h3-5H,1-2,6-8,15H2. The first-order valence-electron chi connectivity index (χ1n) is 6.10. The van der Waals surface area contributed by atoms with E-state index in [1.807, 2.05) is 18.2 Å². The topological polar surface area (TPSA) is 69.6 Å². The number of aromatic nitrogens is 4. The first-order valence-corrected chi connectivity index (χ1v) is 6.86. The third-order valence-electron chi connectivity index (χ3n) is 2.83. The molecule has 1 heterocycles. The molecule has 0 aliphatic carbocycles. The Kier molecular flexibility index (Phi) is 5.13. The summed E-state index contributed by atoms with van der Waals surface area (Å²) in [6.45, 7) is 1.43. The second-order valence-electron chi connectivity index (χ2n) is 4.19. The number of unbranched alkanes of at least 4 members (excludes halogenated alkanes) is 1. The Morgan fingerprint density at radius 2 is 1.89 bits per heavy atom. The molecule has 0 radical (unpaired) electrons. The molecule has 2 N–H and O–H groups in total. The Labute approximate surface area is 121 Å². The highest BCUT2D eigenvalue weighted by Crippen LogP contribution is 2.26. The second kappa shape index (κ2) is 6.84.